The molecule has 0 bridgehead atoms. The predicted molar refractivity (Wildman–Crippen MR) is 64.5 cm³/mol. The number of hydrogen-bond acceptors (Lipinski definition) is 2. The smallest absolute Gasteiger partial charge is 0.194 e. The van der Waals surface area contributed by atoms with E-state index in [1.165, 1.54) is 0 Å². The summed E-state index contributed by atoms with van der Waals surface area (Å²) in [5.74, 6) is 0.573. The Kier molecular flexibility index (Phi) is 3.85. The van der Waals surface area contributed by atoms with Gasteiger partial charge in [-0.2, -0.15) is 0 Å². The molecule has 16 heavy (non-hydrogen) atoms. The standard InChI is InChI=1S/C13H18NO2/c1-14(2,3)10-9-12(15)11-7-5-6-8-13(11)16-4/h5-10H,1-4H3/q+1/b10-9+. The van der Waals surface area contributed by atoms with Crippen molar-refractivity contribution in [3.8, 4) is 5.75 Å². The first-order valence-electron chi connectivity index (χ1n) is 5.12. The van der Waals surface area contributed by atoms with Crippen LogP contribution in [0.5, 0.6) is 5.75 Å². The maximum absolute atomic E-state index is 11.9. The Hall–Kier alpha value is -1.61. The summed E-state index contributed by atoms with van der Waals surface area (Å²) in [5.41, 5.74) is 0.592. The highest BCUT2D eigenvalue weighted by molar-refractivity contribution is 6.06. The second-order valence-electron chi connectivity index (χ2n) is 4.50. The van der Waals surface area contributed by atoms with Crippen molar-refractivity contribution >= 4 is 5.78 Å². The number of benzene rings is 1. The first-order chi connectivity index (χ1) is 7.44. The Morgan fingerprint density at radius 2 is 1.88 bits per heavy atom. The fourth-order valence-corrected chi connectivity index (χ4v) is 1.23. The van der Waals surface area contributed by atoms with Crippen LogP contribution in [0.25, 0.3) is 0 Å². The molecule has 0 radical (unpaired) electrons. The largest absolute Gasteiger partial charge is 0.496 e. The van der Waals surface area contributed by atoms with Crippen molar-refractivity contribution in [3.05, 3.63) is 42.1 Å². The molecular formula is C13H18NO2+. The van der Waals surface area contributed by atoms with Gasteiger partial charge in [0.1, 0.15) is 5.75 Å². The third-order valence-electron chi connectivity index (χ3n) is 2.05. The van der Waals surface area contributed by atoms with Gasteiger partial charge in [0.15, 0.2) is 5.78 Å². The molecule has 3 heteroatoms. The van der Waals surface area contributed by atoms with E-state index in [1.54, 1.807) is 25.3 Å². The van der Waals surface area contributed by atoms with E-state index in [9.17, 15) is 4.79 Å². The van der Waals surface area contributed by atoms with Crippen LogP contribution in [0.4, 0.5) is 0 Å². The highest BCUT2D eigenvalue weighted by Gasteiger charge is 2.10. The summed E-state index contributed by atoms with van der Waals surface area (Å²) in [6.07, 6.45) is 3.42. The van der Waals surface area contributed by atoms with Gasteiger partial charge in [-0.05, 0) is 12.1 Å². The number of hydrogen-bond donors (Lipinski definition) is 0. The number of quaternary nitrogens is 1. The molecule has 3 nitrogen and oxygen atoms in total. The highest BCUT2D eigenvalue weighted by atomic mass is 16.5. The summed E-state index contributed by atoms with van der Waals surface area (Å²) in [4.78, 5) is 11.9. The lowest BCUT2D eigenvalue weighted by molar-refractivity contribution is -0.817. The molecule has 1 aromatic rings. The summed E-state index contributed by atoms with van der Waals surface area (Å²) in [5, 5.41) is 0. The van der Waals surface area contributed by atoms with Crippen LogP contribution in [0.3, 0.4) is 0 Å². The van der Waals surface area contributed by atoms with E-state index in [2.05, 4.69) is 0 Å². The fourth-order valence-electron chi connectivity index (χ4n) is 1.23. The molecule has 0 aliphatic rings. The second-order valence-corrected chi connectivity index (χ2v) is 4.50. The molecule has 0 fully saturated rings. The van der Waals surface area contributed by atoms with Crippen molar-refractivity contribution in [1.29, 1.82) is 0 Å². The number of rotatable bonds is 4. The topological polar surface area (TPSA) is 26.3 Å². The third-order valence-corrected chi connectivity index (χ3v) is 2.05. The minimum Gasteiger partial charge on any atom is -0.496 e. The van der Waals surface area contributed by atoms with E-state index in [1.807, 2.05) is 39.5 Å². The molecule has 1 rings (SSSR count). The normalized spacial score (nSPS) is 11.8. The van der Waals surface area contributed by atoms with Crippen LogP contribution in [-0.4, -0.2) is 38.5 Å². The zero-order valence-corrected chi connectivity index (χ0v) is 10.2. The van der Waals surface area contributed by atoms with Gasteiger partial charge in [0.25, 0.3) is 0 Å². The van der Waals surface area contributed by atoms with Crippen LogP contribution >= 0.6 is 0 Å². The molecule has 0 spiro atoms. The van der Waals surface area contributed by atoms with Gasteiger partial charge in [-0.25, -0.2) is 0 Å². The van der Waals surface area contributed by atoms with Gasteiger partial charge < -0.3 is 9.22 Å². The Bertz CT molecular complexity index is 403. The number of allylic oxidation sites excluding steroid dienone is 1. The first kappa shape index (κ1) is 12.5. The summed E-state index contributed by atoms with van der Waals surface area (Å²) < 4.78 is 5.75. The Morgan fingerprint density at radius 1 is 1.25 bits per heavy atom. The van der Waals surface area contributed by atoms with Gasteiger partial charge in [0.05, 0.1) is 40.0 Å². The Morgan fingerprint density at radius 3 is 2.44 bits per heavy atom. The van der Waals surface area contributed by atoms with E-state index in [0.717, 1.165) is 0 Å². The average Bonchev–Trinajstić information content (AvgIpc) is 2.25. The van der Waals surface area contributed by atoms with Crippen LogP contribution < -0.4 is 4.74 Å². The zero-order chi connectivity index (χ0) is 12.2. The van der Waals surface area contributed by atoms with Gasteiger partial charge in [-0.3, -0.25) is 4.79 Å². The molecule has 0 aliphatic heterocycles. The quantitative estimate of drug-likeness (QED) is 0.441. The van der Waals surface area contributed by atoms with Crippen molar-refractivity contribution in [2.75, 3.05) is 28.3 Å². The molecule has 0 unspecified atom stereocenters. The lowest BCUT2D eigenvalue weighted by atomic mass is 10.1. The van der Waals surface area contributed by atoms with E-state index in [4.69, 9.17) is 4.74 Å². The van der Waals surface area contributed by atoms with Gasteiger partial charge in [0, 0.05) is 6.08 Å². The monoisotopic (exact) mass is 220 g/mol. The van der Waals surface area contributed by atoms with Gasteiger partial charge in [-0.15, -0.1) is 0 Å². The van der Waals surface area contributed by atoms with Crippen molar-refractivity contribution in [1.82, 2.24) is 0 Å². The van der Waals surface area contributed by atoms with Crippen molar-refractivity contribution in [2.24, 2.45) is 0 Å². The van der Waals surface area contributed by atoms with E-state index < -0.39 is 0 Å². The fraction of sp³-hybridized carbons (Fsp3) is 0.308. The van der Waals surface area contributed by atoms with Gasteiger partial charge in [-0.1, -0.05) is 12.1 Å². The number of para-hydroxylation sites is 1. The summed E-state index contributed by atoms with van der Waals surface area (Å²) in [7, 11) is 7.54. The van der Waals surface area contributed by atoms with Crippen molar-refractivity contribution in [2.45, 2.75) is 0 Å². The van der Waals surface area contributed by atoms with E-state index in [-0.39, 0.29) is 5.78 Å². The van der Waals surface area contributed by atoms with Gasteiger partial charge in [0.2, 0.25) is 0 Å². The van der Waals surface area contributed by atoms with Crippen LogP contribution in [0, 0.1) is 0 Å². The molecule has 0 heterocycles. The number of methoxy groups -OCH3 is 1. The minimum atomic E-state index is -0.0366. The molecule has 0 saturated heterocycles. The van der Waals surface area contributed by atoms with E-state index >= 15 is 0 Å². The van der Waals surface area contributed by atoms with Crippen molar-refractivity contribution in [3.63, 3.8) is 0 Å². The molecule has 0 aliphatic carbocycles. The molecule has 86 valence electrons. The molecule has 0 amide bonds. The number of ether oxygens (including phenoxy) is 1. The number of nitrogens with zero attached hydrogens (tertiary/aromatic N) is 1. The number of ketones is 1. The van der Waals surface area contributed by atoms with Crippen LogP contribution in [0.2, 0.25) is 0 Å². The maximum atomic E-state index is 11.9. The number of carbonyl (C=O) groups is 1. The van der Waals surface area contributed by atoms with E-state index in [0.29, 0.717) is 15.8 Å². The summed E-state index contributed by atoms with van der Waals surface area (Å²) in [6.45, 7) is 0. The summed E-state index contributed by atoms with van der Waals surface area (Å²) >= 11 is 0. The zero-order valence-electron chi connectivity index (χ0n) is 10.2. The van der Waals surface area contributed by atoms with Crippen LogP contribution in [0.15, 0.2) is 36.5 Å². The first-order valence-corrected chi connectivity index (χ1v) is 5.12. The summed E-state index contributed by atoms with van der Waals surface area (Å²) in [6, 6.07) is 7.23. The second kappa shape index (κ2) is 4.94. The molecule has 0 aromatic heterocycles. The van der Waals surface area contributed by atoms with Gasteiger partial charge >= 0.3 is 0 Å². The van der Waals surface area contributed by atoms with Crippen LogP contribution in [0.1, 0.15) is 10.4 Å². The SMILES string of the molecule is COc1ccccc1C(=O)/C=C/[N+](C)(C)C. The number of carbonyl (C=O) groups excluding carboxylic acids is 1. The lowest BCUT2D eigenvalue weighted by Crippen LogP contribution is -2.27. The Balaban J connectivity index is 2.93. The molecule has 0 atom stereocenters. The van der Waals surface area contributed by atoms with Crippen LogP contribution in [-0.2, 0) is 0 Å². The molecule has 1 aromatic carbocycles. The minimum absolute atomic E-state index is 0.0366. The lowest BCUT2D eigenvalue weighted by Gasteiger charge is -2.17. The molecule has 0 saturated carbocycles. The predicted octanol–water partition coefficient (Wildman–Crippen LogP) is 2.10. The maximum Gasteiger partial charge on any atom is 0.194 e. The molecular weight excluding hydrogens is 202 g/mol. The average molecular weight is 220 g/mol. The Labute approximate surface area is 96.5 Å². The highest BCUT2D eigenvalue weighted by Crippen LogP contribution is 2.18. The van der Waals surface area contributed by atoms with Crippen molar-refractivity contribution < 1.29 is 14.0 Å². The molecule has 0 N–H and O–H groups in total. The third kappa shape index (κ3) is 3.51.